The van der Waals surface area contributed by atoms with E-state index < -0.39 is 0 Å². The van der Waals surface area contributed by atoms with E-state index >= 15 is 0 Å². The molecule has 2 heteroatoms. The molecule has 0 aromatic rings. The maximum atomic E-state index is 3.69. The fourth-order valence-corrected chi connectivity index (χ4v) is 6.34. The van der Waals surface area contributed by atoms with Gasteiger partial charge in [-0.3, -0.25) is 4.90 Å². The van der Waals surface area contributed by atoms with Crippen molar-refractivity contribution in [2.24, 2.45) is 29.6 Å². The van der Waals surface area contributed by atoms with Crippen LogP contribution in [0.1, 0.15) is 46.0 Å². The first-order chi connectivity index (χ1) is 9.22. The van der Waals surface area contributed by atoms with Crippen molar-refractivity contribution in [3.63, 3.8) is 0 Å². The van der Waals surface area contributed by atoms with Crippen LogP contribution >= 0.6 is 0 Å². The lowest BCUT2D eigenvalue weighted by Crippen LogP contribution is -2.62. The Morgan fingerprint density at radius 1 is 0.947 bits per heavy atom. The molecule has 1 N–H and O–H groups in total. The monoisotopic (exact) mass is 262 g/mol. The van der Waals surface area contributed by atoms with Gasteiger partial charge in [0.05, 0.1) is 0 Å². The van der Waals surface area contributed by atoms with Crippen LogP contribution in [0.3, 0.4) is 0 Å². The maximum Gasteiger partial charge on any atom is 0.0257 e. The Morgan fingerprint density at radius 2 is 1.58 bits per heavy atom. The quantitative estimate of drug-likeness (QED) is 0.823. The van der Waals surface area contributed by atoms with Crippen LogP contribution in [0.5, 0.6) is 0 Å². The zero-order valence-electron chi connectivity index (χ0n) is 12.6. The van der Waals surface area contributed by atoms with Crippen LogP contribution in [0, 0.1) is 29.6 Å². The number of nitrogens with zero attached hydrogens (tertiary/aromatic N) is 1. The average molecular weight is 262 g/mol. The summed E-state index contributed by atoms with van der Waals surface area (Å²) in [6.07, 6.45) is 7.86. The molecule has 5 aliphatic rings. The van der Waals surface area contributed by atoms with Crippen molar-refractivity contribution in [3.05, 3.63) is 0 Å². The summed E-state index contributed by atoms with van der Waals surface area (Å²) in [5, 5.41) is 3.69. The predicted octanol–water partition coefficient (Wildman–Crippen LogP) is 2.74. The zero-order chi connectivity index (χ0) is 13.0. The molecule has 0 radical (unpaired) electrons. The average Bonchev–Trinajstić information content (AvgIpc) is 2.37. The lowest BCUT2D eigenvalue weighted by molar-refractivity contribution is -0.0834. The minimum atomic E-state index is 0.726. The largest absolute Gasteiger partial charge is 0.314 e. The highest BCUT2D eigenvalue weighted by atomic mass is 15.2. The van der Waals surface area contributed by atoms with Crippen molar-refractivity contribution >= 4 is 0 Å². The fraction of sp³-hybridized carbons (Fsp3) is 1.00. The summed E-state index contributed by atoms with van der Waals surface area (Å²) in [4.78, 5) is 2.82. The maximum absolute atomic E-state index is 3.69. The summed E-state index contributed by atoms with van der Waals surface area (Å²) < 4.78 is 0. The van der Waals surface area contributed by atoms with Gasteiger partial charge >= 0.3 is 0 Å². The topological polar surface area (TPSA) is 15.3 Å². The molecule has 2 nitrogen and oxygen atoms in total. The first kappa shape index (κ1) is 12.6. The molecule has 0 amide bonds. The summed E-state index contributed by atoms with van der Waals surface area (Å²) in [7, 11) is 0. The van der Waals surface area contributed by atoms with Crippen LogP contribution < -0.4 is 5.32 Å². The van der Waals surface area contributed by atoms with Crippen LogP contribution in [0.15, 0.2) is 0 Å². The highest BCUT2D eigenvalue weighted by Gasteiger charge is 2.51. The van der Waals surface area contributed by atoms with E-state index in [9.17, 15) is 0 Å². The molecule has 4 saturated carbocycles. The molecule has 0 spiro atoms. The van der Waals surface area contributed by atoms with E-state index in [-0.39, 0.29) is 0 Å². The Kier molecular flexibility index (Phi) is 3.15. The molecule has 4 aliphatic carbocycles. The highest BCUT2D eigenvalue weighted by Crippen LogP contribution is 2.57. The van der Waals surface area contributed by atoms with Gasteiger partial charge in [0.15, 0.2) is 0 Å². The Morgan fingerprint density at radius 3 is 2.16 bits per heavy atom. The van der Waals surface area contributed by atoms with Gasteiger partial charge in [-0.2, -0.15) is 0 Å². The third kappa shape index (κ3) is 2.06. The summed E-state index contributed by atoms with van der Waals surface area (Å²) >= 11 is 0. The van der Waals surface area contributed by atoms with E-state index in [1.54, 1.807) is 32.1 Å². The Labute approximate surface area is 118 Å². The molecular formula is C17H30N2. The van der Waals surface area contributed by atoms with Gasteiger partial charge in [-0.25, -0.2) is 0 Å². The first-order valence-corrected chi connectivity index (χ1v) is 8.69. The second-order valence-corrected chi connectivity index (χ2v) is 8.11. The van der Waals surface area contributed by atoms with Gasteiger partial charge < -0.3 is 5.32 Å². The Balaban J connectivity index is 1.57. The molecule has 108 valence electrons. The lowest BCUT2D eigenvalue weighted by atomic mass is 9.50. The summed E-state index contributed by atoms with van der Waals surface area (Å²) in [6, 6.07) is 1.56. The van der Waals surface area contributed by atoms with Gasteiger partial charge in [0.2, 0.25) is 0 Å². The summed E-state index contributed by atoms with van der Waals surface area (Å²) in [5.74, 6) is 5.39. The smallest absolute Gasteiger partial charge is 0.0257 e. The molecule has 19 heavy (non-hydrogen) atoms. The Bertz CT molecular complexity index is 310. The SMILES string of the molecule is CC(C)N1CCNCC1C1C2CC3CC(C2)CC1C3. The second-order valence-electron chi connectivity index (χ2n) is 8.11. The van der Waals surface area contributed by atoms with E-state index in [4.69, 9.17) is 0 Å². The molecule has 1 saturated heterocycles. The van der Waals surface area contributed by atoms with Crippen molar-refractivity contribution in [1.82, 2.24) is 10.2 Å². The van der Waals surface area contributed by atoms with Gasteiger partial charge in [-0.15, -0.1) is 0 Å². The van der Waals surface area contributed by atoms with Gasteiger partial charge in [-0.1, -0.05) is 0 Å². The molecule has 0 aromatic heterocycles. The number of nitrogens with one attached hydrogen (secondary N) is 1. The van der Waals surface area contributed by atoms with Crippen LogP contribution in [-0.2, 0) is 0 Å². The number of hydrogen-bond acceptors (Lipinski definition) is 2. The summed E-state index contributed by atoms with van der Waals surface area (Å²) in [6.45, 7) is 8.51. The molecule has 1 atom stereocenters. The minimum Gasteiger partial charge on any atom is -0.314 e. The van der Waals surface area contributed by atoms with Gasteiger partial charge in [0.1, 0.15) is 0 Å². The molecule has 1 unspecified atom stereocenters. The third-order valence-corrected chi connectivity index (χ3v) is 6.73. The molecule has 1 heterocycles. The zero-order valence-corrected chi connectivity index (χ0v) is 12.6. The van der Waals surface area contributed by atoms with Crippen molar-refractivity contribution in [2.75, 3.05) is 19.6 Å². The molecule has 5 fully saturated rings. The van der Waals surface area contributed by atoms with E-state index in [1.807, 2.05) is 0 Å². The van der Waals surface area contributed by atoms with Gasteiger partial charge in [-0.05, 0) is 75.5 Å². The second kappa shape index (κ2) is 4.73. The third-order valence-electron chi connectivity index (χ3n) is 6.73. The standard InChI is InChI=1S/C17H30N2/c1-11(2)19-4-3-18-10-16(19)17-14-6-12-5-13(8-14)9-15(17)7-12/h11-18H,3-10H2,1-2H3. The van der Waals surface area contributed by atoms with Gasteiger partial charge in [0, 0.05) is 31.7 Å². The van der Waals surface area contributed by atoms with Crippen LogP contribution in [0.2, 0.25) is 0 Å². The summed E-state index contributed by atoms with van der Waals surface area (Å²) in [5.41, 5.74) is 0. The number of hydrogen-bond donors (Lipinski definition) is 1. The van der Waals surface area contributed by atoms with Crippen molar-refractivity contribution in [1.29, 1.82) is 0 Å². The van der Waals surface area contributed by atoms with E-state index in [1.165, 1.54) is 19.6 Å². The molecular weight excluding hydrogens is 232 g/mol. The van der Waals surface area contributed by atoms with E-state index in [0.29, 0.717) is 0 Å². The molecule has 4 bridgehead atoms. The highest BCUT2D eigenvalue weighted by molar-refractivity contribution is 5.03. The molecule has 5 rings (SSSR count). The minimum absolute atomic E-state index is 0.726. The van der Waals surface area contributed by atoms with E-state index in [2.05, 4.69) is 24.1 Å². The normalized spacial score (nSPS) is 50.1. The van der Waals surface area contributed by atoms with Crippen molar-refractivity contribution < 1.29 is 0 Å². The van der Waals surface area contributed by atoms with Gasteiger partial charge in [0.25, 0.3) is 0 Å². The first-order valence-electron chi connectivity index (χ1n) is 8.69. The molecule has 0 aromatic carbocycles. The van der Waals surface area contributed by atoms with Crippen LogP contribution in [-0.4, -0.2) is 36.6 Å². The van der Waals surface area contributed by atoms with Crippen molar-refractivity contribution in [3.8, 4) is 0 Å². The predicted molar refractivity (Wildman–Crippen MR) is 79.0 cm³/mol. The van der Waals surface area contributed by atoms with Crippen molar-refractivity contribution in [2.45, 2.75) is 58.0 Å². The fourth-order valence-electron chi connectivity index (χ4n) is 6.34. The Hall–Kier alpha value is -0.0800. The van der Waals surface area contributed by atoms with Crippen LogP contribution in [0.4, 0.5) is 0 Å². The van der Waals surface area contributed by atoms with E-state index in [0.717, 1.165) is 41.7 Å². The number of rotatable bonds is 2. The van der Waals surface area contributed by atoms with Crippen LogP contribution in [0.25, 0.3) is 0 Å². The lowest BCUT2D eigenvalue weighted by Gasteiger charge is -2.59. The molecule has 1 aliphatic heterocycles. The number of piperazine rings is 1.